The van der Waals surface area contributed by atoms with Crippen molar-refractivity contribution in [3.63, 3.8) is 0 Å². The molecule has 4 N–H and O–H groups in total. The van der Waals surface area contributed by atoms with Crippen LogP contribution in [0.4, 0.5) is 26.7 Å². The number of ether oxygens (including phenoxy) is 2. The van der Waals surface area contributed by atoms with E-state index >= 15 is 0 Å². The second-order valence-corrected chi connectivity index (χ2v) is 25.6. The Morgan fingerprint density at radius 1 is 0.614 bits per heavy atom. The number of likely N-dealkylation sites (tertiary alicyclic amines) is 2. The Hall–Kier alpha value is -6.42. The van der Waals surface area contributed by atoms with Crippen LogP contribution in [0.15, 0.2) is 96.3 Å². The molecule has 0 aromatic heterocycles. The molecule has 3 heterocycles. The maximum absolute atomic E-state index is 13.8. The Morgan fingerprint density at radius 3 is 1.33 bits per heavy atom. The van der Waals surface area contributed by atoms with Gasteiger partial charge in [0, 0.05) is 13.1 Å². The predicted octanol–water partition coefficient (Wildman–Crippen LogP) is 8.03. The number of hydrogen-bond acceptors (Lipinski definition) is 9. The first-order chi connectivity index (χ1) is 33.4. The molecule has 15 nitrogen and oxygen atoms in total. The quantitative estimate of drug-likeness (QED) is 0.0976. The van der Waals surface area contributed by atoms with Gasteiger partial charge in [0.1, 0.15) is 24.2 Å². The fourth-order valence-corrected chi connectivity index (χ4v) is 15.8. The molecule has 0 unspecified atom stereocenters. The molecule has 3 aliphatic rings. The van der Waals surface area contributed by atoms with Crippen LogP contribution in [0.5, 0.6) is 0 Å². The second-order valence-electron chi connectivity index (χ2n) is 20.1. The van der Waals surface area contributed by atoms with Crippen LogP contribution >= 0.6 is 0 Å². The van der Waals surface area contributed by atoms with Crippen LogP contribution in [-0.4, -0.2) is 105 Å². The van der Waals surface area contributed by atoms with E-state index in [1.54, 1.807) is 9.80 Å². The molecule has 3 aromatic carbocycles. The third kappa shape index (κ3) is 11.3. The van der Waals surface area contributed by atoms with Crippen LogP contribution < -0.4 is 31.4 Å². The van der Waals surface area contributed by atoms with Crippen LogP contribution in [-0.2, 0) is 28.7 Å². The fourth-order valence-electron chi connectivity index (χ4n) is 11.1. The van der Waals surface area contributed by atoms with Crippen molar-refractivity contribution in [3.8, 4) is 0 Å². The molecule has 3 aromatic rings. The molecule has 0 saturated carbocycles. The van der Waals surface area contributed by atoms with Crippen molar-refractivity contribution in [1.82, 2.24) is 20.4 Å². The molecule has 3 aliphatic heterocycles. The van der Waals surface area contributed by atoms with Gasteiger partial charge in [0.05, 0.1) is 14.2 Å². The minimum atomic E-state index is -2.58. The fraction of sp³-hybridized carbons (Fsp3) is 0.481. The SMILES string of the molecule is C=C(C)[SiH-](CC)(C(=C)C)c1ccc(N2[C@H](c3ccc(NC(=O)[C@@H]4CCCN4C(=O)[C@@H](NC(=O)OC)C(C)C)cc3)CC[C@H]2c2ccc(NC(=O)[C@@H]3CCCN3C(=O)[C@@H](NC(=O)OC)C(C)C)cc2)cc1. The number of carbonyl (C=O) groups excluding carboxylic acids is 6. The van der Waals surface area contributed by atoms with Gasteiger partial charge in [-0.2, -0.15) is 0 Å². The molecule has 6 atom stereocenters. The van der Waals surface area contributed by atoms with Crippen LogP contribution in [0.2, 0.25) is 6.04 Å². The monoisotopic (exact) mass is 977 g/mol. The van der Waals surface area contributed by atoms with Crippen molar-refractivity contribution in [2.75, 3.05) is 42.8 Å². The number of alkyl carbamates (subject to hydrolysis) is 2. The number of nitrogens with zero attached hydrogens (tertiary/aromatic N) is 3. The summed E-state index contributed by atoms with van der Waals surface area (Å²) < 4.78 is 9.52. The summed E-state index contributed by atoms with van der Waals surface area (Å²) in [6.45, 7) is 23.6. The second kappa shape index (κ2) is 23.0. The van der Waals surface area contributed by atoms with E-state index in [0.29, 0.717) is 50.1 Å². The number of hydrogen-bond donors (Lipinski definition) is 4. The van der Waals surface area contributed by atoms with E-state index in [2.05, 4.69) is 109 Å². The first kappa shape index (κ1) is 52.9. The number of allylic oxidation sites excluding steroid dienone is 2. The van der Waals surface area contributed by atoms with Crippen molar-refractivity contribution in [2.24, 2.45) is 11.8 Å². The third-order valence-corrected chi connectivity index (χ3v) is 21.1. The first-order valence-corrected chi connectivity index (χ1v) is 27.4. The van der Waals surface area contributed by atoms with E-state index < -0.39 is 44.4 Å². The summed E-state index contributed by atoms with van der Waals surface area (Å²) in [5.41, 5.74) is 4.47. The summed E-state index contributed by atoms with van der Waals surface area (Å²) in [4.78, 5) is 84.6. The molecular formula is C54H74N7O8Si-. The standard InChI is InChI=1S/C54H74N7O8Si/c1-12-70(35(6)7,36(8)9)42-27-25-41(26-28-42)61-43(37-17-21-39(22-18-37)55-49(62)45-15-13-31-59(45)51(64)47(33(2)3)57-53(66)68-10)29-30-44(61)38-19-23-40(24-20-38)56-50(63)46-16-14-32-60(46)52(65)48(34(4)5)58-54(67)69-11/h17-28,33-34,43-48,70H,6,8,12-16,29-32H2,1-5,7,9-11H3,(H,55,62)(H,56,63)(H,57,66)(H,58,67)/q-1/t43-,44-,45-,46-,47-,48-/m0/s1. The average molecular weight is 977 g/mol. The van der Waals surface area contributed by atoms with Gasteiger partial charge in [-0.1, -0.05) is 27.7 Å². The number of methoxy groups -OCH3 is 2. The Bertz CT molecular complexity index is 2270. The zero-order chi connectivity index (χ0) is 51.0. The molecule has 3 fully saturated rings. The van der Waals surface area contributed by atoms with E-state index in [9.17, 15) is 28.8 Å². The van der Waals surface area contributed by atoms with E-state index in [4.69, 9.17) is 9.47 Å². The Balaban J connectivity index is 1.23. The van der Waals surface area contributed by atoms with Gasteiger partial charge in [0.15, 0.2) is 0 Å². The summed E-state index contributed by atoms with van der Waals surface area (Å²) >= 11 is 0. The number of nitrogens with one attached hydrogen (secondary N) is 4. The molecule has 0 spiro atoms. The Kier molecular flexibility index (Phi) is 17.4. The Morgan fingerprint density at radius 2 is 1.00 bits per heavy atom. The van der Waals surface area contributed by atoms with Crippen LogP contribution in [0.25, 0.3) is 0 Å². The van der Waals surface area contributed by atoms with Crippen molar-refractivity contribution in [1.29, 1.82) is 0 Å². The van der Waals surface area contributed by atoms with Crippen molar-refractivity contribution in [3.05, 3.63) is 107 Å². The van der Waals surface area contributed by atoms with Gasteiger partial charge in [0.25, 0.3) is 0 Å². The molecule has 378 valence electrons. The molecule has 70 heavy (non-hydrogen) atoms. The molecule has 0 radical (unpaired) electrons. The van der Waals surface area contributed by atoms with E-state index in [1.807, 2.05) is 52.0 Å². The van der Waals surface area contributed by atoms with Gasteiger partial charge in [-0.15, -0.1) is 0 Å². The van der Waals surface area contributed by atoms with Crippen LogP contribution in [0, 0.1) is 11.8 Å². The number of anilines is 3. The molecule has 6 amide bonds. The van der Waals surface area contributed by atoms with Crippen molar-refractivity contribution >= 4 is 66.1 Å². The summed E-state index contributed by atoms with van der Waals surface area (Å²) in [5.74, 6) is -1.59. The summed E-state index contributed by atoms with van der Waals surface area (Å²) in [5, 5.41) is 15.1. The zero-order valence-corrected chi connectivity index (χ0v) is 43.7. The van der Waals surface area contributed by atoms with Gasteiger partial charge in [-0.25, -0.2) is 9.59 Å². The predicted molar refractivity (Wildman–Crippen MR) is 278 cm³/mol. The van der Waals surface area contributed by atoms with Crippen molar-refractivity contribution in [2.45, 2.75) is 129 Å². The van der Waals surface area contributed by atoms with Gasteiger partial charge in [0.2, 0.25) is 11.8 Å². The molecule has 0 bridgehead atoms. The molecular weight excluding hydrogens is 903 g/mol. The maximum atomic E-state index is 13.8. The molecule has 0 aliphatic carbocycles. The Labute approximate surface area is 414 Å². The van der Waals surface area contributed by atoms with Crippen LogP contribution in [0.3, 0.4) is 0 Å². The van der Waals surface area contributed by atoms with E-state index in [-0.39, 0.29) is 47.5 Å². The zero-order valence-electron chi connectivity index (χ0n) is 42.5. The first-order valence-electron chi connectivity index (χ1n) is 24.9. The number of rotatable bonds is 17. The molecule has 16 heteroatoms. The minimum absolute atomic E-state index is 0.00895. The summed E-state index contributed by atoms with van der Waals surface area (Å²) in [6, 6.07) is 22.8. The van der Waals surface area contributed by atoms with Crippen LogP contribution in [0.1, 0.15) is 110 Å². The summed E-state index contributed by atoms with van der Waals surface area (Å²) in [6.07, 6.45) is 2.69. The topological polar surface area (TPSA) is 179 Å². The van der Waals surface area contributed by atoms with E-state index in [1.165, 1.54) is 29.8 Å². The van der Waals surface area contributed by atoms with Crippen molar-refractivity contribution < 1.29 is 38.2 Å². The van der Waals surface area contributed by atoms with Gasteiger partial charge in [-0.3, -0.25) is 19.2 Å². The third-order valence-electron chi connectivity index (χ3n) is 15.0. The molecule has 6 rings (SSSR count). The van der Waals surface area contributed by atoms with Gasteiger partial charge in [-0.05, 0) is 37.5 Å². The number of amides is 6. The number of benzene rings is 3. The molecule has 3 saturated heterocycles. The average Bonchev–Trinajstić information content (AvgIpc) is 4.14. The summed E-state index contributed by atoms with van der Waals surface area (Å²) in [7, 11) is -0.0734. The normalized spacial score (nSPS) is 20.1. The van der Waals surface area contributed by atoms with Gasteiger partial charge < -0.3 is 29.9 Å². The van der Waals surface area contributed by atoms with Gasteiger partial charge >= 0.3 is 229 Å². The number of carbonyl (C=O) groups is 6. The van der Waals surface area contributed by atoms with E-state index in [0.717, 1.165) is 35.7 Å².